The molecule has 0 atom stereocenters. The van der Waals surface area contributed by atoms with E-state index in [1.807, 2.05) is 0 Å². The summed E-state index contributed by atoms with van der Waals surface area (Å²) in [4.78, 5) is 21.9. The molecule has 0 radical (unpaired) electrons. The maximum Gasteiger partial charge on any atom is 0.255 e. The van der Waals surface area contributed by atoms with Crippen molar-refractivity contribution in [1.29, 1.82) is 0 Å². The largest absolute Gasteiger partial charge is 0.298 e. The van der Waals surface area contributed by atoms with Crippen molar-refractivity contribution in [3.05, 3.63) is 52.4 Å². The molecule has 2 rings (SSSR count). The molecule has 3 nitrogen and oxygen atoms in total. The lowest BCUT2D eigenvalue weighted by Crippen LogP contribution is -2.12. The number of carbonyl (C=O) groups excluding carboxylic acids is 1. The number of fused-ring (bicyclic) bond motifs is 1. The van der Waals surface area contributed by atoms with Gasteiger partial charge in [-0.2, -0.15) is 0 Å². The van der Waals surface area contributed by atoms with Gasteiger partial charge in [0.1, 0.15) is 0 Å². The van der Waals surface area contributed by atoms with Crippen molar-refractivity contribution in [3.63, 3.8) is 0 Å². The van der Waals surface area contributed by atoms with Gasteiger partial charge in [-0.3, -0.25) is 14.0 Å². The molecule has 0 N–H and O–H groups in total. The van der Waals surface area contributed by atoms with Gasteiger partial charge in [0.15, 0.2) is 6.29 Å². The first-order valence-electron chi connectivity index (χ1n) is 3.88. The SMILES string of the molecule is O=Cc1ccc(=O)n2ccccc12. The van der Waals surface area contributed by atoms with Crippen LogP contribution in [0.5, 0.6) is 0 Å². The molecule has 2 aromatic rings. The Hall–Kier alpha value is -1.90. The highest BCUT2D eigenvalue weighted by Gasteiger charge is 1.99. The molecule has 0 amide bonds. The fourth-order valence-corrected chi connectivity index (χ4v) is 1.30. The fraction of sp³-hybridized carbons (Fsp3) is 0. The zero-order chi connectivity index (χ0) is 9.26. The number of aldehydes is 1. The van der Waals surface area contributed by atoms with Gasteiger partial charge in [-0.25, -0.2) is 0 Å². The van der Waals surface area contributed by atoms with Crippen LogP contribution < -0.4 is 5.56 Å². The number of carbonyl (C=O) groups is 1. The molecule has 3 heteroatoms. The summed E-state index contributed by atoms with van der Waals surface area (Å²) in [5.74, 6) is 0. The van der Waals surface area contributed by atoms with Crippen LogP contribution in [-0.2, 0) is 0 Å². The minimum absolute atomic E-state index is 0.124. The normalized spacial score (nSPS) is 10.2. The van der Waals surface area contributed by atoms with E-state index in [-0.39, 0.29) is 5.56 Å². The Kier molecular flexibility index (Phi) is 1.70. The van der Waals surface area contributed by atoms with Crippen LogP contribution in [0.2, 0.25) is 0 Å². The van der Waals surface area contributed by atoms with Gasteiger partial charge < -0.3 is 0 Å². The van der Waals surface area contributed by atoms with E-state index in [1.54, 1.807) is 24.4 Å². The third-order valence-electron chi connectivity index (χ3n) is 1.93. The van der Waals surface area contributed by atoms with Crippen molar-refractivity contribution in [3.8, 4) is 0 Å². The molecular formula is C10H7NO2. The number of pyridine rings is 2. The lowest BCUT2D eigenvalue weighted by Gasteiger charge is -2.00. The predicted octanol–water partition coefficient (Wildman–Crippen LogP) is 1.11. The summed E-state index contributed by atoms with van der Waals surface area (Å²) in [7, 11) is 0. The van der Waals surface area contributed by atoms with Crippen LogP contribution in [0.4, 0.5) is 0 Å². The van der Waals surface area contributed by atoms with Crippen molar-refractivity contribution in [2.75, 3.05) is 0 Å². The van der Waals surface area contributed by atoms with Crippen molar-refractivity contribution in [1.82, 2.24) is 4.40 Å². The van der Waals surface area contributed by atoms with E-state index in [4.69, 9.17) is 0 Å². The van der Waals surface area contributed by atoms with Crippen LogP contribution in [0.1, 0.15) is 10.4 Å². The molecule has 0 unspecified atom stereocenters. The van der Waals surface area contributed by atoms with Crippen LogP contribution in [0.3, 0.4) is 0 Å². The number of aromatic nitrogens is 1. The Labute approximate surface area is 74.2 Å². The maximum atomic E-state index is 11.3. The second-order valence-corrected chi connectivity index (χ2v) is 2.70. The van der Waals surface area contributed by atoms with E-state index >= 15 is 0 Å². The van der Waals surface area contributed by atoms with Crippen molar-refractivity contribution in [2.45, 2.75) is 0 Å². The smallest absolute Gasteiger partial charge is 0.255 e. The molecule has 0 aliphatic carbocycles. The first-order chi connectivity index (χ1) is 6.33. The molecule has 0 spiro atoms. The van der Waals surface area contributed by atoms with Crippen molar-refractivity contribution >= 4 is 11.8 Å². The van der Waals surface area contributed by atoms with E-state index in [9.17, 15) is 9.59 Å². The zero-order valence-corrected chi connectivity index (χ0v) is 6.81. The Morgan fingerprint density at radius 2 is 2.00 bits per heavy atom. The van der Waals surface area contributed by atoms with Crippen molar-refractivity contribution < 1.29 is 4.79 Å². The number of nitrogens with zero attached hydrogens (tertiary/aromatic N) is 1. The van der Waals surface area contributed by atoms with Crippen molar-refractivity contribution in [2.24, 2.45) is 0 Å². The highest BCUT2D eigenvalue weighted by atomic mass is 16.1. The quantitative estimate of drug-likeness (QED) is 0.606. The second-order valence-electron chi connectivity index (χ2n) is 2.70. The van der Waals surface area contributed by atoms with E-state index in [2.05, 4.69) is 0 Å². The third kappa shape index (κ3) is 1.14. The van der Waals surface area contributed by atoms with Crippen LogP contribution in [0, 0.1) is 0 Å². The first-order valence-corrected chi connectivity index (χ1v) is 3.88. The average molecular weight is 173 g/mol. The van der Waals surface area contributed by atoms with Gasteiger partial charge in [-0.05, 0) is 18.2 Å². The monoisotopic (exact) mass is 173 g/mol. The molecule has 0 saturated carbocycles. The molecule has 64 valence electrons. The number of hydrogen-bond donors (Lipinski definition) is 0. The van der Waals surface area contributed by atoms with E-state index in [0.29, 0.717) is 11.1 Å². The van der Waals surface area contributed by atoms with Gasteiger partial charge in [0.05, 0.1) is 5.52 Å². The Balaban J connectivity index is 3.01. The van der Waals surface area contributed by atoms with Gasteiger partial charge in [0.25, 0.3) is 5.56 Å². The standard InChI is InChI=1S/C10H7NO2/c12-7-8-4-5-10(13)11-6-2-1-3-9(8)11/h1-7H. The number of rotatable bonds is 1. The summed E-state index contributed by atoms with van der Waals surface area (Å²) < 4.78 is 1.45. The minimum atomic E-state index is -0.124. The summed E-state index contributed by atoms with van der Waals surface area (Å²) in [5, 5.41) is 0. The summed E-state index contributed by atoms with van der Waals surface area (Å²) in [5.41, 5.74) is 1.05. The topological polar surface area (TPSA) is 38.5 Å². The van der Waals surface area contributed by atoms with Gasteiger partial charge in [-0.1, -0.05) is 6.07 Å². The van der Waals surface area contributed by atoms with E-state index in [1.165, 1.54) is 16.5 Å². The van der Waals surface area contributed by atoms with Crippen LogP contribution in [0.15, 0.2) is 41.3 Å². The average Bonchev–Trinajstić information content (AvgIpc) is 2.19. The second kappa shape index (κ2) is 2.86. The summed E-state index contributed by atoms with van der Waals surface area (Å²) in [6.07, 6.45) is 2.39. The lowest BCUT2D eigenvalue weighted by atomic mass is 10.2. The molecule has 0 aliphatic heterocycles. The van der Waals surface area contributed by atoms with Crippen LogP contribution in [0.25, 0.3) is 5.52 Å². The van der Waals surface area contributed by atoms with E-state index < -0.39 is 0 Å². The molecule has 0 aliphatic rings. The molecule has 0 saturated heterocycles. The maximum absolute atomic E-state index is 11.3. The van der Waals surface area contributed by atoms with Gasteiger partial charge in [0, 0.05) is 17.8 Å². The lowest BCUT2D eigenvalue weighted by molar-refractivity contribution is 0.112. The zero-order valence-electron chi connectivity index (χ0n) is 6.81. The fourth-order valence-electron chi connectivity index (χ4n) is 1.30. The van der Waals surface area contributed by atoms with E-state index in [0.717, 1.165) is 6.29 Å². The van der Waals surface area contributed by atoms with Gasteiger partial charge in [-0.15, -0.1) is 0 Å². The molecule has 2 heterocycles. The van der Waals surface area contributed by atoms with Crippen LogP contribution >= 0.6 is 0 Å². The molecule has 0 aromatic carbocycles. The molecular weight excluding hydrogens is 166 g/mol. The molecule has 0 fully saturated rings. The highest BCUT2D eigenvalue weighted by Crippen LogP contribution is 2.04. The number of hydrogen-bond acceptors (Lipinski definition) is 2. The minimum Gasteiger partial charge on any atom is -0.298 e. The predicted molar refractivity (Wildman–Crippen MR) is 49.1 cm³/mol. The summed E-state index contributed by atoms with van der Waals surface area (Å²) in [6, 6.07) is 8.21. The molecule has 13 heavy (non-hydrogen) atoms. The Morgan fingerprint density at radius 3 is 2.77 bits per heavy atom. The Morgan fingerprint density at radius 1 is 1.15 bits per heavy atom. The van der Waals surface area contributed by atoms with Gasteiger partial charge in [0.2, 0.25) is 0 Å². The Bertz CT molecular complexity index is 514. The van der Waals surface area contributed by atoms with Crippen LogP contribution in [-0.4, -0.2) is 10.7 Å². The molecule has 2 aromatic heterocycles. The first kappa shape index (κ1) is 7.73. The van der Waals surface area contributed by atoms with Gasteiger partial charge >= 0.3 is 0 Å². The summed E-state index contributed by atoms with van der Waals surface area (Å²) in [6.45, 7) is 0. The summed E-state index contributed by atoms with van der Waals surface area (Å²) >= 11 is 0. The third-order valence-corrected chi connectivity index (χ3v) is 1.93. The highest BCUT2D eigenvalue weighted by molar-refractivity contribution is 5.85. The molecule has 0 bridgehead atoms.